The van der Waals surface area contributed by atoms with Crippen LogP contribution in [-0.2, 0) is 0 Å². The molecule has 4 nitrogen and oxygen atoms in total. The third-order valence-corrected chi connectivity index (χ3v) is 3.22. The van der Waals surface area contributed by atoms with Crippen molar-refractivity contribution in [1.29, 1.82) is 0 Å². The Morgan fingerprint density at radius 2 is 2.10 bits per heavy atom. The largest absolute Gasteiger partial charge is 0.383 e. The summed E-state index contributed by atoms with van der Waals surface area (Å²) in [7, 11) is 0. The van der Waals surface area contributed by atoms with E-state index in [0.29, 0.717) is 11.5 Å². The standard InChI is InChI=1S/C14H10ClFN4/c15-11-6-9(3-4-12(11)16)20-8-18-7-13(20)10-2-1-5-19-14(10)17/h1-8H,(H2,17,19). The molecule has 6 heteroatoms. The first-order valence-electron chi connectivity index (χ1n) is 5.85. The Morgan fingerprint density at radius 1 is 1.25 bits per heavy atom. The van der Waals surface area contributed by atoms with Gasteiger partial charge in [-0.2, -0.15) is 0 Å². The number of aromatic nitrogens is 3. The second-order valence-electron chi connectivity index (χ2n) is 4.18. The Labute approximate surface area is 119 Å². The van der Waals surface area contributed by atoms with E-state index in [0.717, 1.165) is 11.3 Å². The van der Waals surface area contributed by atoms with Crippen molar-refractivity contribution >= 4 is 17.4 Å². The number of pyridine rings is 1. The summed E-state index contributed by atoms with van der Waals surface area (Å²) >= 11 is 5.81. The number of rotatable bonds is 2. The van der Waals surface area contributed by atoms with E-state index < -0.39 is 5.82 Å². The monoisotopic (exact) mass is 288 g/mol. The highest BCUT2D eigenvalue weighted by atomic mass is 35.5. The molecule has 3 rings (SSSR count). The van der Waals surface area contributed by atoms with Crippen LogP contribution in [0.15, 0.2) is 49.1 Å². The number of hydrogen-bond donors (Lipinski definition) is 1. The molecule has 20 heavy (non-hydrogen) atoms. The highest BCUT2D eigenvalue weighted by molar-refractivity contribution is 6.30. The quantitative estimate of drug-likeness (QED) is 0.787. The molecule has 2 heterocycles. The number of benzene rings is 1. The molecule has 0 aliphatic heterocycles. The van der Waals surface area contributed by atoms with Crippen LogP contribution in [0.4, 0.5) is 10.2 Å². The molecular formula is C14H10ClFN4. The van der Waals surface area contributed by atoms with Gasteiger partial charge >= 0.3 is 0 Å². The molecule has 0 fully saturated rings. The minimum absolute atomic E-state index is 0.0568. The maximum Gasteiger partial charge on any atom is 0.141 e. The normalized spacial score (nSPS) is 10.7. The summed E-state index contributed by atoms with van der Waals surface area (Å²) in [6, 6.07) is 8.11. The van der Waals surface area contributed by atoms with Gasteiger partial charge in [0.2, 0.25) is 0 Å². The van der Waals surface area contributed by atoms with Crippen molar-refractivity contribution in [3.8, 4) is 16.9 Å². The average molecular weight is 289 g/mol. The molecule has 0 amide bonds. The lowest BCUT2D eigenvalue weighted by Gasteiger charge is -2.10. The first-order valence-corrected chi connectivity index (χ1v) is 6.23. The first-order chi connectivity index (χ1) is 9.66. The third-order valence-electron chi connectivity index (χ3n) is 2.93. The predicted octanol–water partition coefficient (Wildman–Crippen LogP) is 3.31. The van der Waals surface area contributed by atoms with Crippen LogP contribution in [0.25, 0.3) is 16.9 Å². The van der Waals surface area contributed by atoms with E-state index in [2.05, 4.69) is 9.97 Å². The number of nitrogen functional groups attached to an aromatic ring is 1. The number of nitrogens with zero attached hydrogens (tertiary/aromatic N) is 3. The van der Waals surface area contributed by atoms with Crippen LogP contribution >= 0.6 is 11.6 Å². The van der Waals surface area contributed by atoms with Crippen LogP contribution in [0.2, 0.25) is 5.02 Å². The number of hydrogen-bond acceptors (Lipinski definition) is 3. The molecule has 1 aromatic carbocycles. The summed E-state index contributed by atoms with van der Waals surface area (Å²) < 4.78 is 15.0. The molecular weight excluding hydrogens is 279 g/mol. The van der Waals surface area contributed by atoms with Crippen molar-refractivity contribution in [2.24, 2.45) is 0 Å². The summed E-state index contributed by atoms with van der Waals surface area (Å²) in [5.41, 5.74) is 8.09. The van der Waals surface area contributed by atoms with Crippen LogP contribution < -0.4 is 5.73 Å². The van der Waals surface area contributed by atoms with Crippen LogP contribution in [0.5, 0.6) is 0 Å². The van der Waals surface area contributed by atoms with Crippen molar-refractivity contribution in [2.75, 3.05) is 5.73 Å². The maximum atomic E-state index is 13.2. The second kappa shape index (κ2) is 4.94. The number of halogens is 2. The predicted molar refractivity (Wildman–Crippen MR) is 76.2 cm³/mol. The zero-order valence-corrected chi connectivity index (χ0v) is 11.0. The van der Waals surface area contributed by atoms with E-state index in [1.165, 1.54) is 12.1 Å². The fourth-order valence-electron chi connectivity index (χ4n) is 1.97. The van der Waals surface area contributed by atoms with Gasteiger partial charge in [-0.1, -0.05) is 11.6 Å². The molecule has 0 aliphatic rings. The first kappa shape index (κ1) is 12.6. The number of nitrogens with two attached hydrogens (primary N) is 1. The minimum atomic E-state index is -0.460. The van der Waals surface area contributed by atoms with Gasteiger partial charge in [0.1, 0.15) is 11.6 Å². The zero-order valence-electron chi connectivity index (χ0n) is 10.3. The van der Waals surface area contributed by atoms with E-state index in [9.17, 15) is 4.39 Å². The molecule has 100 valence electrons. The topological polar surface area (TPSA) is 56.7 Å². The molecule has 0 saturated carbocycles. The molecule has 0 radical (unpaired) electrons. The van der Waals surface area contributed by atoms with E-state index in [1.807, 2.05) is 6.07 Å². The van der Waals surface area contributed by atoms with Crippen molar-refractivity contribution in [1.82, 2.24) is 14.5 Å². The second-order valence-corrected chi connectivity index (χ2v) is 4.59. The van der Waals surface area contributed by atoms with Gasteiger partial charge in [0.25, 0.3) is 0 Å². The van der Waals surface area contributed by atoms with E-state index in [4.69, 9.17) is 17.3 Å². The molecule has 0 aliphatic carbocycles. The Balaban J connectivity index is 2.15. The number of imidazole rings is 1. The smallest absolute Gasteiger partial charge is 0.141 e. The molecule has 0 unspecified atom stereocenters. The fourth-order valence-corrected chi connectivity index (χ4v) is 2.14. The van der Waals surface area contributed by atoms with Crippen LogP contribution in [0.3, 0.4) is 0 Å². The van der Waals surface area contributed by atoms with E-state index in [1.54, 1.807) is 35.4 Å². The molecule has 0 atom stereocenters. The summed E-state index contributed by atoms with van der Waals surface area (Å²) in [6.45, 7) is 0. The van der Waals surface area contributed by atoms with Crippen molar-refractivity contribution in [3.05, 3.63) is 59.9 Å². The maximum absolute atomic E-state index is 13.2. The molecule has 3 aromatic rings. The highest BCUT2D eigenvalue weighted by Crippen LogP contribution is 2.27. The summed E-state index contributed by atoms with van der Waals surface area (Å²) in [5.74, 6) is -0.0552. The van der Waals surface area contributed by atoms with Crippen molar-refractivity contribution in [3.63, 3.8) is 0 Å². The average Bonchev–Trinajstić information content (AvgIpc) is 2.91. The zero-order chi connectivity index (χ0) is 14.1. The SMILES string of the molecule is Nc1ncccc1-c1cncn1-c1ccc(F)c(Cl)c1. The van der Waals surface area contributed by atoms with Gasteiger partial charge in [-0.25, -0.2) is 14.4 Å². The van der Waals surface area contributed by atoms with Crippen LogP contribution in [-0.4, -0.2) is 14.5 Å². The van der Waals surface area contributed by atoms with Gasteiger partial charge in [0.15, 0.2) is 0 Å². The van der Waals surface area contributed by atoms with Gasteiger partial charge in [-0.3, -0.25) is 4.57 Å². The lowest BCUT2D eigenvalue weighted by atomic mass is 10.2. The van der Waals surface area contributed by atoms with Gasteiger partial charge in [0.05, 0.1) is 23.2 Å². The fraction of sp³-hybridized carbons (Fsp3) is 0. The van der Waals surface area contributed by atoms with Gasteiger partial charge in [-0.15, -0.1) is 0 Å². The summed E-state index contributed by atoms with van der Waals surface area (Å²) in [5, 5.41) is 0.0568. The Morgan fingerprint density at radius 3 is 2.85 bits per heavy atom. The molecule has 0 spiro atoms. The summed E-state index contributed by atoms with van der Waals surface area (Å²) in [6.07, 6.45) is 4.91. The van der Waals surface area contributed by atoms with Crippen LogP contribution in [0.1, 0.15) is 0 Å². The van der Waals surface area contributed by atoms with Gasteiger partial charge < -0.3 is 5.73 Å². The minimum Gasteiger partial charge on any atom is -0.383 e. The van der Waals surface area contributed by atoms with E-state index >= 15 is 0 Å². The Bertz CT molecular complexity index is 769. The lowest BCUT2D eigenvalue weighted by molar-refractivity contribution is 0.628. The van der Waals surface area contributed by atoms with Crippen LogP contribution in [0, 0.1) is 5.82 Å². The lowest BCUT2D eigenvalue weighted by Crippen LogP contribution is -1.99. The van der Waals surface area contributed by atoms with Crippen molar-refractivity contribution in [2.45, 2.75) is 0 Å². The van der Waals surface area contributed by atoms with Gasteiger partial charge in [-0.05, 0) is 30.3 Å². The Kier molecular flexibility index (Phi) is 3.12. The molecule has 0 bridgehead atoms. The van der Waals surface area contributed by atoms with E-state index in [-0.39, 0.29) is 5.02 Å². The third kappa shape index (κ3) is 2.12. The molecule has 2 aromatic heterocycles. The molecule has 2 N–H and O–H groups in total. The molecule has 0 saturated heterocycles. The highest BCUT2D eigenvalue weighted by Gasteiger charge is 2.11. The van der Waals surface area contributed by atoms with Gasteiger partial charge in [0, 0.05) is 17.4 Å². The Hall–Kier alpha value is -2.40. The summed E-state index contributed by atoms with van der Waals surface area (Å²) in [4.78, 5) is 8.16. The number of anilines is 1. The van der Waals surface area contributed by atoms with Crippen molar-refractivity contribution < 1.29 is 4.39 Å².